The molecule has 0 bridgehead atoms. The predicted molar refractivity (Wildman–Crippen MR) is 143 cm³/mol. The molecule has 0 amide bonds. The molecule has 4 heterocycles. The summed E-state index contributed by atoms with van der Waals surface area (Å²) in [5.41, 5.74) is 1.83. The summed E-state index contributed by atoms with van der Waals surface area (Å²) in [6.07, 6.45) is 3.53. The molecule has 0 aliphatic carbocycles. The van der Waals surface area contributed by atoms with Crippen LogP contribution in [-0.2, 0) is 0 Å². The third kappa shape index (κ3) is 4.74. The van der Waals surface area contributed by atoms with Gasteiger partial charge in [0.2, 0.25) is 5.95 Å². The fraction of sp³-hybridized carbons (Fsp3) is 0.333. The number of piperazine rings is 1. The van der Waals surface area contributed by atoms with Crippen molar-refractivity contribution in [2.24, 2.45) is 0 Å². The van der Waals surface area contributed by atoms with Crippen molar-refractivity contribution in [2.45, 2.75) is 26.8 Å². The number of para-hydroxylation sites is 1. The first kappa shape index (κ1) is 23.7. The summed E-state index contributed by atoms with van der Waals surface area (Å²) in [5, 5.41) is 4.00. The van der Waals surface area contributed by atoms with Crippen molar-refractivity contribution in [3.63, 3.8) is 0 Å². The maximum atomic E-state index is 13.5. The SMILES string of the molecule is Cc1c(Oc2ccccc2)c(=O)n(C(C)C)c2nc(Nc3ccc(N4CCN(C)CC4)nc3)ncc12. The largest absolute Gasteiger partial charge is 0.451 e. The Morgan fingerprint density at radius 2 is 1.72 bits per heavy atom. The van der Waals surface area contributed by atoms with Gasteiger partial charge >= 0.3 is 0 Å². The van der Waals surface area contributed by atoms with Gasteiger partial charge in [-0.15, -0.1) is 0 Å². The van der Waals surface area contributed by atoms with Crippen LogP contribution < -0.4 is 20.5 Å². The molecule has 3 aromatic heterocycles. The molecule has 9 heteroatoms. The van der Waals surface area contributed by atoms with Crippen LogP contribution in [0, 0.1) is 6.92 Å². The molecule has 4 aromatic rings. The van der Waals surface area contributed by atoms with E-state index < -0.39 is 0 Å². The number of hydrogen-bond donors (Lipinski definition) is 1. The number of pyridine rings is 2. The Morgan fingerprint density at radius 1 is 0.972 bits per heavy atom. The van der Waals surface area contributed by atoms with Gasteiger partial charge in [0.15, 0.2) is 5.75 Å². The summed E-state index contributed by atoms with van der Waals surface area (Å²) >= 11 is 0. The van der Waals surface area contributed by atoms with E-state index in [0.29, 0.717) is 22.9 Å². The first-order chi connectivity index (χ1) is 17.4. The molecule has 36 heavy (non-hydrogen) atoms. The highest BCUT2D eigenvalue weighted by Gasteiger charge is 2.20. The Morgan fingerprint density at radius 3 is 2.39 bits per heavy atom. The summed E-state index contributed by atoms with van der Waals surface area (Å²) in [7, 11) is 2.14. The first-order valence-corrected chi connectivity index (χ1v) is 12.2. The molecule has 0 atom stereocenters. The number of benzene rings is 1. The van der Waals surface area contributed by atoms with Gasteiger partial charge in [-0.2, -0.15) is 4.98 Å². The van der Waals surface area contributed by atoms with Crippen molar-refractivity contribution in [1.29, 1.82) is 0 Å². The number of ether oxygens (including phenoxy) is 1. The normalized spacial score (nSPS) is 14.4. The van der Waals surface area contributed by atoms with Crippen molar-refractivity contribution in [2.75, 3.05) is 43.4 Å². The van der Waals surface area contributed by atoms with Crippen LogP contribution in [0.2, 0.25) is 0 Å². The standard InChI is InChI=1S/C27H31N7O2/c1-18(2)34-25-22(19(3)24(26(34)35)36-21-8-6-5-7-9-21)17-29-27(31-25)30-20-10-11-23(28-16-20)33-14-12-32(4)13-15-33/h5-11,16-18H,12-15H2,1-4H3,(H,29,30,31). The Hall–Kier alpha value is -3.98. The summed E-state index contributed by atoms with van der Waals surface area (Å²) in [6, 6.07) is 13.2. The molecule has 1 saturated heterocycles. The van der Waals surface area contributed by atoms with E-state index in [4.69, 9.17) is 9.72 Å². The molecule has 0 unspecified atom stereocenters. The molecule has 5 rings (SSSR count). The van der Waals surface area contributed by atoms with Gasteiger partial charge in [0.1, 0.15) is 17.2 Å². The molecule has 1 aliphatic rings. The number of likely N-dealkylation sites (N-methyl/N-ethyl adjacent to an activating group) is 1. The highest BCUT2D eigenvalue weighted by Crippen LogP contribution is 2.29. The van der Waals surface area contributed by atoms with Gasteiger partial charge < -0.3 is 19.9 Å². The number of anilines is 3. The van der Waals surface area contributed by atoms with Crippen molar-refractivity contribution in [3.05, 3.63) is 70.8 Å². The van der Waals surface area contributed by atoms with Crippen LogP contribution in [0.25, 0.3) is 11.0 Å². The second-order valence-corrected chi connectivity index (χ2v) is 9.39. The van der Waals surface area contributed by atoms with Crippen molar-refractivity contribution >= 4 is 28.5 Å². The third-order valence-corrected chi connectivity index (χ3v) is 6.47. The average molecular weight is 486 g/mol. The van der Waals surface area contributed by atoms with Crippen molar-refractivity contribution < 1.29 is 4.74 Å². The van der Waals surface area contributed by atoms with Crippen LogP contribution in [0.15, 0.2) is 59.7 Å². The third-order valence-electron chi connectivity index (χ3n) is 6.47. The summed E-state index contributed by atoms with van der Waals surface area (Å²) in [4.78, 5) is 31.9. The Kier molecular flexibility index (Phi) is 6.56. The lowest BCUT2D eigenvalue weighted by Gasteiger charge is -2.33. The smallest absolute Gasteiger partial charge is 0.295 e. The van der Waals surface area contributed by atoms with Gasteiger partial charge in [-0.25, -0.2) is 9.97 Å². The topological polar surface area (TPSA) is 88.4 Å². The zero-order chi connectivity index (χ0) is 25.2. The van der Waals surface area contributed by atoms with Gasteiger partial charge in [-0.3, -0.25) is 9.36 Å². The number of fused-ring (bicyclic) bond motifs is 1. The number of nitrogens with zero attached hydrogens (tertiary/aromatic N) is 6. The second-order valence-electron chi connectivity index (χ2n) is 9.39. The molecule has 186 valence electrons. The van der Waals surface area contributed by atoms with E-state index in [9.17, 15) is 4.79 Å². The minimum atomic E-state index is -0.221. The highest BCUT2D eigenvalue weighted by molar-refractivity contribution is 5.82. The molecule has 0 saturated carbocycles. The molecule has 1 fully saturated rings. The number of aryl methyl sites for hydroxylation is 1. The predicted octanol–water partition coefficient (Wildman–Crippen LogP) is 4.36. The fourth-order valence-corrected chi connectivity index (χ4v) is 4.39. The van der Waals surface area contributed by atoms with E-state index >= 15 is 0 Å². The van der Waals surface area contributed by atoms with E-state index in [2.05, 4.69) is 32.1 Å². The van der Waals surface area contributed by atoms with E-state index in [1.165, 1.54) is 0 Å². The van der Waals surface area contributed by atoms with Crippen LogP contribution in [-0.4, -0.2) is 57.6 Å². The Balaban J connectivity index is 1.45. The minimum absolute atomic E-state index is 0.119. The molecule has 0 spiro atoms. The maximum absolute atomic E-state index is 13.5. The summed E-state index contributed by atoms with van der Waals surface area (Å²) in [6.45, 7) is 9.77. The zero-order valence-corrected chi connectivity index (χ0v) is 21.1. The van der Waals surface area contributed by atoms with Crippen LogP contribution in [0.5, 0.6) is 11.5 Å². The van der Waals surface area contributed by atoms with Crippen LogP contribution >= 0.6 is 0 Å². The summed E-state index contributed by atoms with van der Waals surface area (Å²) < 4.78 is 7.67. The quantitative estimate of drug-likeness (QED) is 0.431. The average Bonchev–Trinajstić information content (AvgIpc) is 2.88. The molecule has 1 aromatic carbocycles. The van der Waals surface area contributed by atoms with E-state index in [-0.39, 0.29) is 17.4 Å². The Bertz CT molecular complexity index is 1410. The fourth-order valence-electron chi connectivity index (χ4n) is 4.39. The van der Waals surface area contributed by atoms with Crippen molar-refractivity contribution in [3.8, 4) is 11.5 Å². The maximum Gasteiger partial charge on any atom is 0.295 e. The highest BCUT2D eigenvalue weighted by atomic mass is 16.5. The van der Waals surface area contributed by atoms with Crippen LogP contribution in [0.1, 0.15) is 25.5 Å². The van der Waals surface area contributed by atoms with Crippen LogP contribution in [0.4, 0.5) is 17.5 Å². The molecular formula is C27H31N7O2. The van der Waals surface area contributed by atoms with Gasteiger partial charge in [0.05, 0.1) is 11.9 Å². The van der Waals surface area contributed by atoms with E-state index in [1.807, 2.05) is 63.2 Å². The lowest BCUT2D eigenvalue weighted by Crippen LogP contribution is -2.44. The second kappa shape index (κ2) is 9.94. The van der Waals surface area contributed by atoms with Gasteiger partial charge in [-0.05, 0) is 52.1 Å². The molecule has 1 aliphatic heterocycles. The van der Waals surface area contributed by atoms with Gasteiger partial charge in [0.25, 0.3) is 5.56 Å². The molecule has 9 nitrogen and oxygen atoms in total. The molecular weight excluding hydrogens is 454 g/mol. The van der Waals surface area contributed by atoms with E-state index in [0.717, 1.165) is 43.1 Å². The Labute approximate surface area is 210 Å². The van der Waals surface area contributed by atoms with Crippen molar-refractivity contribution in [1.82, 2.24) is 24.4 Å². The monoisotopic (exact) mass is 485 g/mol. The van der Waals surface area contributed by atoms with Gasteiger partial charge in [-0.1, -0.05) is 18.2 Å². The van der Waals surface area contributed by atoms with Gasteiger partial charge in [0, 0.05) is 49.4 Å². The summed E-state index contributed by atoms with van der Waals surface area (Å²) in [5.74, 6) is 2.26. The lowest BCUT2D eigenvalue weighted by atomic mass is 10.1. The number of nitrogens with one attached hydrogen (secondary N) is 1. The minimum Gasteiger partial charge on any atom is -0.451 e. The first-order valence-electron chi connectivity index (χ1n) is 12.2. The number of rotatable bonds is 6. The lowest BCUT2D eigenvalue weighted by molar-refractivity contribution is 0.312. The number of aromatic nitrogens is 4. The number of hydrogen-bond acceptors (Lipinski definition) is 8. The molecule has 0 radical (unpaired) electrons. The molecule has 1 N–H and O–H groups in total. The zero-order valence-electron chi connectivity index (χ0n) is 21.1. The van der Waals surface area contributed by atoms with E-state index in [1.54, 1.807) is 17.0 Å². The van der Waals surface area contributed by atoms with Crippen LogP contribution in [0.3, 0.4) is 0 Å².